The van der Waals surface area contributed by atoms with E-state index in [1.54, 1.807) is 6.07 Å². The molecule has 0 N–H and O–H groups in total. The van der Waals surface area contributed by atoms with Gasteiger partial charge in [0.05, 0.1) is 5.69 Å². The molecule has 3 rings (SSSR count). The zero-order valence-corrected chi connectivity index (χ0v) is 13.2. The number of benzene rings is 2. The van der Waals surface area contributed by atoms with Crippen LogP contribution in [0.5, 0.6) is 0 Å². The van der Waals surface area contributed by atoms with Gasteiger partial charge in [0.1, 0.15) is 6.67 Å². The van der Waals surface area contributed by atoms with Crippen LogP contribution in [0.2, 0.25) is 0 Å². The Morgan fingerprint density at radius 2 is 1.75 bits per heavy atom. The first-order valence-electron chi connectivity index (χ1n) is 6.26. The van der Waals surface area contributed by atoms with Gasteiger partial charge in [-0.1, -0.05) is 24.3 Å². The third-order valence-electron chi connectivity index (χ3n) is 3.17. The minimum atomic E-state index is -0.521. The predicted octanol–water partition coefficient (Wildman–Crippen LogP) is 4.09. The number of nitrogens with zero attached hydrogens (tertiary/aromatic N) is 1. The fraction of sp³-hybridized carbons (Fsp3) is 0.118. The van der Waals surface area contributed by atoms with Gasteiger partial charge in [-0.15, -0.1) is 22.4 Å². The summed E-state index contributed by atoms with van der Waals surface area (Å²) in [5.41, 5.74) is 2.46. The van der Waals surface area contributed by atoms with Crippen molar-refractivity contribution in [2.75, 3.05) is 0 Å². The molecule has 0 amide bonds. The van der Waals surface area contributed by atoms with Crippen LogP contribution in [0.3, 0.4) is 0 Å². The molecule has 2 aromatic carbocycles. The zero-order chi connectivity index (χ0) is 13.1. The second-order valence-corrected chi connectivity index (χ2v) is 4.47. The van der Waals surface area contributed by atoms with Crippen molar-refractivity contribution in [3.63, 3.8) is 0 Å². The fourth-order valence-corrected chi connectivity index (χ4v) is 2.26. The topological polar surface area (TPSA) is 12.9 Å². The van der Waals surface area contributed by atoms with Crippen molar-refractivity contribution in [3.05, 3.63) is 77.6 Å². The number of hydrogen-bond donors (Lipinski definition) is 0. The van der Waals surface area contributed by atoms with Crippen LogP contribution in [0, 0.1) is 6.07 Å². The Morgan fingerprint density at radius 3 is 2.60 bits per heavy atom. The summed E-state index contributed by atoms with van der Waals surface area (Å²) >= 11 is 0. The van der Waals surface area contributed by atoms with Crippen molar-refractivity contribution >= 4 is 10.8 Å². The standard InChI is InChI=1S/C17H13FN.Ir/c18-12-16-9-4-8-15(19-16)11-14-7-3-6-13-5-1-2-10-17(13)14;/h1-6,8-10H,11-12H2;/q-1;. The van der Waals surface area contributed by atoms with E-state index in [2.05, 4.69) is 23.2 Å². The minimum Gasteiger partial charge on any atom is -0.255 e. The Hall–Kier alpha value is -1.57. The third kappa shape index (κ3) is 3.12. The van der Waals surface area contributed by atoms with E-state index >= 15 is 0 Å². The summed E-state index contributed by atoms with van der Waals surface area (Å²) in [6, 6.07) is 20.9. The number of hydrogen-bond acceptors (Lipinski definition) is 1. The predicted molar refractivity (Wildman–Crippen MR) is 74.6 cm³/mol. The largest absolute Gasteiger partial charge is 0.255 e. The van der Waals surface area contributed by atoms with Crippen molar-refractivity contribution in [2.24, 2.45) is 0 Å². The van der Waals surface area contributed by atoms with Crippen molar-refractivity contribution in [1.29, 1.82) is 0 Å². The van der Waals surface area contributed by atoms with Crippen LogP contribution >= 0.6 is 0 Å². The molecule has 3 heteroatoms. The molecule has 1 radical (unpaired) electrons. The first-order chi connectivity index (χ1) is 9.36. The Balaban J connectivity index is 0.00000147. The van der Waals surface area contributed by atoms with Crippen LogP contribution in [-0.4, -0.2) is 4.98 Å². The molecule has 0 spiro atoms. The molecule has 1 nitrogen and oxygen atoms in total. The molecule has 103 valence electrons. The van der Waals surface area contributed by atoms with Crippen molar-refractivity contribution < 1.29 is 24.5 Å². The molecule has 3 aromatic rings. The molecule has 0 saturated carbocycles. The second kappa shape index (κ2) is 6.74. The summed E-state index contributed by atoms with van der Waals surface area (Å²) in [6.07, 6.45) is 0.676. The van der Waals surface area contributed by atoms with Gasteiger partial charge in [-0.3, -0.25) is 4.98 Å². The van der Waals surface area contributed by atoms with Crippen molar-refractivity contribution in [1.82, 2.24) is 4.98 Å². The van der Waals surface area contributed by atoms with Gasteiger partial charge in [0.25, 0.3) is 0 Å². The van der Waals surface area contributed by atoms with Crippen LogP contribution in [0.1, 0.15) is 17.0 Å². The van der Waals surface area contributed by atoms with Crippen LogP contribution in [0.4, 0.5) is 4.39 Å². The Morgan fingerprint density at radius 1 is 0.950 bits per heavy atom. The number of fused-ring (bicyclic) bond motifs is 1. The molecule has 1 heterocycles. The molecule has 0 aliphatic heterocycles. The molecule has 0 fully saturated rings. The van der Waals surface area contributed by atoms with E-state index in [0.717, 1.165) is 11.3 Å². The SMILES string of the molecule is FCc1cccc(Cc2[c-]ccc3ccccc23)n1.[Ir]. The van der Waals surface area contributed by atoms with Gasteiger partial charge in [-0.05, 0) is 18.6 Å². The van der Waals surface area contributed by atoms with Gasteiger partial charge in [0, 0.05) is 25.8 Å². The van der Waals surface area contributed by atoms with E-state index < -0.39 is 6.67 Å². The number of alkyl halides is 1. The van der Waals surface area contributed by atoms with E-state index in [0.29, 0.717) is 12.1 Å². The molecule has 0 aliphatic rings. The fourth-order valence-electron chi connectivity index (χ4n) is 2.26. The van der Waals surface area contributed by atoms with Gasteiger partial charge in [0.2, 0.25) is 0 Å². The Labute approximate surface area is 131 Å². The molecule has 0 atom stereocenters. The Bertz CT molecular complexity index is 707. The van der Waals surface area contributed by atoms with E-state index in [9.17, 15) is 4.39 Å². The molecular weight excluding hydrogens is 429 g/mol. The average Bonchev–Trinajstić information content (AvgIpc) is 2.48. The monoisotopic (exact) mass is 443 g/mol. The number of halogens is 1. The number of aromatic nitrogens is 1. The van der Waals surface area contributed by atoms with E-state index in [4.69, 9.17) is 0 Å². The molecule has 20 heavy (non-hydrogen) atoms. The molecule has 0 unspecified atom stereocenters. The van der Waals surface area contributed by atoms with Gasteiger partial charge < -0.3 is 0 Å². The number of rotatable bonds is 3. The van der Waals surface area contributed by atoms with Crippen LogP contribution in [0.25, 0.3) is 10.8 Å². The number of pyridine rings is 1. The maximum absolute atomic E-state index is 12.6. The first-order valence-corrected chi connectivity index (χ1v) is 6.26. The zero-order valence-electron chi connectivity index (χ0n) is 10.8. The second-order valence-electron chi connectivity index (χ2n) is 4.47. The summed E-state index contributed by atoms with van der Waals surface area (Å²) < 4.78 is 12.6. The Kier molecular flexibility index (Phi) is 4.99. The van der Waals surface area contributed by atoms with Crippen LogP contribution in [0.15, 0.2) is 54.6 Å². The molecule has 0 aliphatic carbocycles. The van der Waals surface area contributed by atoms with Gasteiger partial charge in [-0.25, -0.2) is 4.39 Å². The van der Waals surface area contributed by atoms with Gasteiger partial charge in [0.15, 0.2) is 0 Å². The minimum absolute atomic E-state index is 0. The van der Waals surface area contributed by atoms with Crippen molar-refractivity contribution in [3.8, 4) is 0 Å². The smallest absolute Gasteiger partial charge is 0.131 e. The molecule has 0 bridgehead atoms. The van der Waals surface area contributed by atoms with Crippen molar-refractivity contribution in [2.45, 2.75) is 13.1 Å². The summed E-state index contributed by atoms with van der Waals surface area (Å²) in [5, 5.41) is 2.37. The average molecular weight is 443 g/mol. The molecule has 0 saturated heterocycles. The molecular formula is C17H13FIrN-. The maximum Gasteiger partial charge on any atom is 0.131 e. The van der Waals surface area contributed by atoms with Crippen LogP contribution < -0.4 is 0 Å². The van der Waals surface area contributed by atoms with Gasteiger partial charge in [-0.2, -0.15) is 18.2 Å². The summed E-state index contributed by atoms with van der Waals surface area (Å²) in [7, 11) is 0. The molecule has 1 aromatic heterocycles. The maximum atomic E-state index is 12.6. The third-order valence-corrected chi connectivity index (χ3v) is 3.17. The summed E-state index contributed by atoms with van der Waals surface area (Å²) in [4.78, 5) is 4.30. The van der Waals surface area contributed by atoms with E-state index in [1.807, 2.05) is 36.4 Å². The summed E-state index contributed by atoms with van der Waals surface area (Å²) in [6.45, 7) is -0.521. The van der Waals surface area contributed by atoms with E-state index in [-0.39, 0.29) is 20.1 Å². The van der Waals surface area contributed by atoms with Crippen LogP contribution in [-0.2, 0) is 33.2 Å². The van der Waals surface area contributed by atoms with E-state index in [1.165, 1.54) is 10.8 Å². The first kappa shape index (κ1) is 14.8. The normalized spacial score (nSPS) is 10.2. The van der Waals surface area contributed by atoms with Gasteiger partial charge >= 0.3 is 0 Å². The quantitative estimate of drug-likeness (QED) is 0.557. The summed E-state index contributed by atoms with van der Waals surface area (Å²) in [5.74, 6) is 0.